The highest BCUT2D eigenvalue weighted by atomic mass is 16.2. The maximum Gasteiger partial charge on any atom is 0.245 e. The van der Waals surface area contributed by atoms with Gasteiger partial charge in [0.2, 0.25) is 11.6 Å². The second kappa shape index (κ2) is 8.91. The van der Waals surface area contributed by atoms with E-state index in [0.717, 1.165) is 17.7 Å². The Morgan fingerprint density at radius 3 is 2.47 bits per heavy atom. The van der Waals surface area contributed by atoms with Crippen LogP contribution >= 0.6 is 0 Å². The van der Waals surface area contributed by atoms with Crippen molar-refractivity contribution in [3.8, 4) is 0 Å². The van der Waals surface area contributed by atoms with Crippen molar-refractivity contribution >= 4 is 17.3 Å². The zero-order chi connectivity index (χ0) is 14.8. The number of rotatable bonds is 6. The molecule has 19 heavy (non-hydrogen) atoms. The molecule has 4 nitrogen and oxygen atoms in total. The summed E-state index contributed by atoms with van der Waals surface area (Å²) < 4.78 is 0. The smallest absolute Gasteiger partial charge is 0.245 e. The van der Waals surface area contributed by atoms with Gasteiger partial charge in [-0.3, -0.25) is 9.59 Å². The van der Waals surface area contributed by atoms with Crippen LogP contribution in [-0.2, 0) is 16.0 Å². The molecule has 0 radical (unpaired) electrons. The Bertz CT molecular complexity index is 453. The Morgan fingerprint density at radius 2 is 1.95 bits per heavy atom. The lowest BCUT2D eigenvalue weighted by Gasteiger charge is -2.06. The van der Waals surface area contributed by atoms with Crippen LogP contribution in [-0.4, -0.2) is 18.1 Å². The maximum atomic E-state index is 11.4. The van der Waals surface area contributed by atoms with E-state index in [9.17, 15) is 9.59 Å². The zero-order valence-corrected chi connectivity index (χ0v) is 11.8. The number of ketones is 2. The van der Waals surface area contributed by atoms with Gasteiger partial charge in [0.1, 0.15) is 0 Å². The lowest BCUT2D eigenvalue weighted by molar-refractivity contribution is -0.133. The van der Waals surface area contributed by atoms with E-state index in [2.05, 4.69) is 11.9 Å². The molecule has 0 amide bonds. The predicted octanol–water partition coefficient (Wildman–Crippen LogP) is 2.30. The number of hydrogen-bond acceptors (Lipinski definition) is 4. The number of Topliss-reactive ketones (excluding diaryl/α,β-unsaturated/α-hetero) is 2. The van der Waals surface area contributed by atoms with Gasteiger partial charge in [0, 0.05) is 5.69 Å². The first-order valence-electron chi connectivity index (χ1n) is 6.39. The van der Waals surface area contributed by atoms with Gasteiger partial charge in [-0.2, -0.15) is 0 Å². The third-order valence-electron chi connectivity index (χ3n) is 2.33. The number of allylic oxidation sites excluding steroid dienone is 1. The molecule has 0 spiro atoms. The monoisotopic (exact) mass is 262 g/mol. The third kappa shape index (κ3) is 5.86. The lowest BCUT2D eigenvalue weighted by Crippen LogP contribution is -2.26. The van der Waals surface area contributed by atoms with Crippen LogP contribution in [0.25, 0.3) is 0 Å². The minimum absolute atomic E-state index is 0.0672. The zero-order valence-electron chi connectivity index (χ0n) is 11.8. The van der Waals surface area contributed by atoms with Crippen molar-refractivity contribution in [1.29, 1.82) is 0 Å². The average molecular weight is 262 g/mol. The molecular weight excluding hydrogens is 240 g/mol. The van der Waals surface area contributed by atoms with Gasteiger partial charge in [0.25, 0.3) is 0 Å². The molecule has 0 fully saturated rings. The van der Waals surface area contributed by atoms with Gasteiger partial charge in [-0.1, -0.05) is 39.5 Å². The fourth-order valence-electron chi connectivity index (χ4n) is 1.34. The van der Waals surface area contributed by atoms with Crippen molar-refractivity contribution in [1.82, 2.24) is 0 Å². The van der Waals surface area contributed by atoms with Crippen molar-refractivity contribution in [3.05, 3.63) is 42.1 Å². The van der Waals surface area contributed by atoms with Crippen LogP contribution in [0.4, 0.5) is 5.69 Å². The highest BCUT2D eigenvalue weighted by Crippen LogP contribution is 2.10. The van der Waals surface area contributed by atoms with Gasteiger partial charge in [0.05, 0.1) is 12.2 Å². The molecule has 0 aliphatic rings. The fourth-order valence-corrected chi connectivity index (χ4v) is 1.34. The quantitative estimate of drug-likeness (QED) is 0.609. The fraction of sp³-hybridized carbons (Fsp3) is 0.333. The van der Waals surface area contributed by atoms with E-state index < -0.39 is 11.6 Å². The van der Waals surface area contributed by atoms with Crippen LogP contribution in [0.15, 0.2) is 36.5 Å². The van der Waals surface area contributed by atoms with Crippen LogP contribution in [0.1, 0.15) is 26.3 Å². The van der Waals surface area contributed by atoms with Crippen molar-refractivity contribution < 1.29 is 9.59 Å². The first kappa shape index (κ1) is 16.9. The second-order valence-electron chi connectivity index (χ2n) is 3.69. The van der Waals surface area contributed by atoms with Gasteiger partial charge in [-0.15, -0.1) is 0 Å². The summed E-state index contributed by atoms with van der Waals surface area (Å²) in [6.07, 6.45) is 0.919. The Balaban J connectivity index is 0.00000154. The number of benzene rings is 1. The molecule has 0 heterocycles. The molecule has 0 aliphatic carbocycles. The Hall–Kier alpha value is -2.10. The van der Waals surface area contributed by atoms with Gasteiger partial charge in [-0.05, 0) is 24.1 Å². The average Bonchev–Trinajstić information content (AvgIpc) is 2.46. The van der Waals surface area contributed by atoms with Crippen LogP contribution in [0, 0.1) is 0 Å². The topological polar surface area (TPSA) is 72.2 Å². The molecule has 3 N–H and O–H groups in total. The summed E-state index contributed by atoms with van der Waals surface area (Å²) in [7, 11) is 0. The van der Waals surface area contributed by atoms with Crippen LogP contribution in [0.3, 0.4) is 0 Å². The summed E-state index contributed by atoms with van der Waals surface area (Å²) >= 11 is 0. The Labute approximate surface area is 114 Å². The number of carbonyl (C=O) groups excluding carboxylic acids is 2. The van der Waals surface area contributed by atoms with Crippen molar-refractivity contribution in [3.63, 3.8) is 0 Å². The van der Waals surface area contributed by atoms with E-state index in [4.69, 9.17) is 5.73 Å². The summed E-state index contributed by atoms with van der Waals surface area (Å²) in [5.74, 6) is -1.32. The van der Waals surface area contributed by atoms with Gasteiger partial charge in [-0.25, -0.2) is 0 Å². The second-order valence-corrected chi connectivity index (χ2v) is 3.69. The number of carbonyl (C=O) groups is 2. The van der Waals surface area contributed by atoms with Gasteiger partial charge >= 0.3 is 0 Å². The standard InChI is InChI=1S/C13H16N2O2.C2H6/c1-3-10-5-4-6-11(7-10)15-8-12(16)13(17)9(2)14;1-2/h4-7,15H,2-3,8,14H2,1H3;1-2H3. The summed E-state index contributed by atoms with van der Waals surface area (Å²) in [4.78, 5) is 22.5. The summed E-state index contributed by atoms with van der Waals surface area (Å²) in [5.41, 5.74) is 6.91. The molecule has 0 atom stereocenters. The Morgan fingerprint density at radius 1 is 1.32 bits per heavy atom. The van der Waals surface area contributed by atoms with E-state index in [1.54, 1.807) is 0 Å². The van der Waals surface area contributed by atoms with Crippen molar-refractivity contribution in [2.45, 2.75) is 27.2 Å². The summed E-state index contributed by atoms with van der Waals surface area (Å²) in [6, 6.07) is 7.68. The predicted molar refractivity (Wildman–Crippen MR) is 79.0 cm³/mol. The Kier molecular flexibility index (Phi) is 7.93. The molecular formula is C15H22N2O2. The number of hydrogen-bond donors (Lipinski definition) is 2. The SMILES string of the molecule is C=C(N)C(=O)C(=O)CNc1cccc(CC)c1.CC. The van der Waals surface area contributed by atoms with E-state index in [1.807, 2.05) is 45.0 Å². The molecule has 0 saturated heterocycles. The van der Waals surface area contributed by atoms with Gasteiger partial charge in [0.15, 0.2) is 0 Å². The molecule has 104 valence electrons. The molecule has 0 aliphatic heterocycles. The summed E-state index contributed by atoms with van der Waals surface area (Å²) in [5, 5.41) is 2.89. The van der Waals surface area contributed by atoms with Crippen molar-refractivity contribution in [2.75, 3.05) is 11.9 Å². The molecule has 0 aromatic heterocycles. The number of anilines is 1. The molecule has 0 saturated carbocycles. The van der Waals surface area contributed by atoms with Gasteiger partial charge < -0.3 is 11.1 Å². The molecule has 0 bridgehead atoms. The van der Waals surface area contributed by atoms with E-state index in [-0.39, 0.29) is 12.2 Å². The highest BCUT2D eigenvalue weighted by molar-refractivity contribution is 6.44. The number of nitrogens with two attached hydrogens (primary N) is 1. The minimum atomic E-state index is -0.732. The first-order chi connectivity index (χ1) is 9.04. The van der Waals surface area contributed by atoms with E-state index in [1.165, 1.54) is 0 Å². The molecule has 1 aromatic carbocycles. The van der Waals surface area contributed by atoms with Crippen LogP contribution in [0.2, 0.25) is 0 Å². The molecule has 0 unspecified atom stereocenters. The number of aryl methyl sites for hydroxylation is 1. The molecule has 1 aromatic rings. The van der Waals surface area contributed by atoms with Crippen LogP contribution in [0.5, 0.6) is 0 Å². The molecule has 4 heteroatoms. The van der Waals surface area contributed by atoms with E-state index >= 15 is 0 Å². The largest absolute Gasteiger partial charge is 0.396 e. The highest BCUT2D eigenvalue weighted by Gasteiger charge is 2.14. The minimum Gasteiger partial charge on any atom is -0.396 e. The first-order valence-corrected chi connectivity index (χ1v) is 6.39. The molecule has 1 rings (SSSR count). The maximum absolute atomic E-state index is 11.4. The third-order valence-corrected chi connectivity index (χ3v) is 2.33. The van der Waals surface area contributed by atoms with Crippen LogP contribution < -0.4 is 11.1 Å². The van der Waals surface area contributed by atoms with E-state index in [0.29, 0.717) is 0 Å². The normalized spacial score (nSPS) is 9.00. The number of nitrogens with one attached hydrogen (secondary N) is 1. The van der Waals surface area contributed by atoms with Crippen molar-refractivity contribution in [2.24, 2.45) is 5.73 Å². The lowest BCUT2D eigenvalue weighted by atomic mass is 10.1. The summed E-state index contributed by atoms with van der Waals surface area (Å²) in [6.45, 7) is 9.22.